The quantitative estimate of drug-likeness (QED) is 0.627. The fourth-order valence-corrected chi connectivity index (χ4v) is 2.90. The minimum atomic E-state index is -0.319. The number of rotatable bonds is 5. The van der Waals surface area contributed by atoms with Gasteiger partial charge in [0.15, 0.2) is 17.5 Å². The largest absolute Gasteiger partial charge is 0.493 e. The summed E-state index contributed by atoms with van der Waals surface area (Å²) in [5.41, 5.74) is 1.98. The minimum Gasteiger partial charge on any atom is -0.493 e. The second-order valence-electron chi connectivity index (χ2n) is 5.27. The third-order valence-electron chi connectivity index (χ3n) is 4.05. The Labute approximate surface area is 135 Å². The third-order valence-corrected chi connectivity index (χ3v) is 4.05. The molecule has 1 aliphatic rings. The van der Waals surface area contributed by atoms with Crippen LogP contribution in [0.3, 0.4) is 0 Å². The van der Waals surface area contributed by atoms with Gasteiger partial charge in [-0.2, -0.15) is 0 Å². The SMILES string of the molecule is COC(=O)[C@@H]1[C@@H](c2ccc(OC)c(OC)c2)N1c1ccccc1. The molecule has 0 aliphatic carbocycles. The number of ether oxygens (including phenoxy) is 3. The normalized spacial score (nSPS) is 19.2. The summed E-state index contributed by atoms with van der Waals surface area (Å²) >= 11 is 0. The first-order valence-corrected chi connectivity index (χ1v) is 7.34. The Bertz CT molecular complexity index is 701. The zero-order chi connectivity index (χ0) is 16.4. The van der Waals surface area contributed by atoms with E-state index in [2.05, 4.69) is 0 Å². The molecule has 0 bridgehead atoms. The molecule has 0 saturated carbocycles. The number of esters is 1. The van der Waals surface area contributed by atoms with E-state index in [0.717, 1.165) is 11.3 Å². The summed E-state index contributed by atoms with van der Waals surface area (Å²) in [6.45, 7) is 0. The van der Waals surface area contributed by atoms with Gasteiger partial charge in [-0.3, -0.25) is 0 Å². The molecule has 1 heterocycles. The summed E-state index contributed by atoms with van der Waals surface area (Å²) in [7, 11) is 4.61. The minimum absolute atomic E-state index is 0.0651. The molecule has 2 aromatic rings. The van der Waals surface area contributed by atoms with Crippen LogP contribution in [-0.4, -0.2) is 33.3 Å². The van der Waals surface area contributed by atoms with Gasteiger partial charge in [-0.15, -0.1) is 0 Å². The maximum atomic E-state index is 12.1. The predicted octanol–water partition coefficient (Wildman–Crippen LogP) is 2.81. The van der Waals surface area contributed by atoms with Crippen molar-refractivity contribution in [3.8, 4) is 11.5 Å². The van der Waals surface area contributed by atoms with E-state index in [9.17, 15) is 4.79 Å². The molecule has 23 heavy (non-hydrogen) atoms. The lowest BCUT2D eigenvalue weighted by Gasteiger charge is -2.10. The van der Waals surface area contributed by atoms with E-state index >= 15 is 0 Å². The maximum absolute atomic E-state index is 12.1. The Morgan fingerprint density at radius 1 is 0.957 bits per heavy atom. The number of hydrogen-bond donors (Lipinski definition) is 0. The number of carbonyl (C=O) groups is 1. The Hall–Kier alpha value is -2.69. The molecule has 0 amide bonds. The summed E-state index contributed by atoms with van der Waals surface area (Å²) in [6, 6.07) is 15.1. The Morgan fingerprint density at radius 3 is 2.26 bits per heavy atom. The number of anilines is 1. The Kier molecular flexibility index (Phi) is 4.10. The first kappa shape index (κ1) is 15.2. The van der Waals surface area contributed by atoms with Gasteiger partial charge in [0.25, 0.3) is 0 Å². The number of hydrogen-bond acceptors (Lipinski definition) is 5. The second-order valence-corrected chi connectivity index (χ2v) is 5.27. The monoisotopic (exact) mass is 313 g/mol. The average Bonchev–Trinajstić information content (AvgIpc) is 3.36. The number of nitrogens with zero attached hydrogens (tertiary/aromatic N) is 1. The molecule has 5 heteroatoms. The van der Waals surface area contributed by atoms with Gasteiger partial charge in [0, 0.05) is 5.69 Å². The highest BCUT2D eigenvalue weighted by Crippen LogP contribution is 2.48. The molecule has 2 atom stereocenters. The smallest absolute Gasteiger partial charge is 0.331 e. The molecule has 120 valence electrons. The molecular weight excluding hydrogens is 294 g/mol. The van der Waals surface area contributed by atoms with Crippen molar-refractivity contribution in [1.29, 1.82) is 0 Å². The number of benzene rings is 2. The van der Waals surface area contributed by atoms with Gasteiger partial charge in [-0.1, -0.05) is 24.3 Å². The molecule has 3 rings (SSSR count). The molecule has 1 saturated heterocycles. The zero-order valence-electron chi connectivity index (χ0n) is 13.4. The van der Waals surface area contributed by atoms with Gasteiger partial charge in [0.1, 0.15) is 0 Å². The molecule has 5 nitrogen and oxygen atoms in total. The fraction of sp³-hybridized carbons (Fsp3) is 0.278. The van der Waals surface area contributed by atoms with Crippen LogP contribution < -0.4 is 14.4 Å². The van der Waals surface area contributed by atoms with Gasteiger partial charge in [-0.25, -0.2) is 4.79 Å². The van der Waals surface area contributed by atoms with E-state index in [1.54, 1.807) is 14.2 Å². The van der Waals surface area contributed by atoms with Gasteiger partial charge >= 0.3 is 5.97 Å². The summed E-state index contributed by atoms with van der Waals surface area (Å²) in [5, 5.41) is 0. The van der Waals surface area contributed by atoms with Gasteiger partial charge in [0.05, 0.1) is 27.4 Å². The molecule has 0 N–H and O–H groups in total. The number of methoxy groups -OCH3 is 3. The molecule has 0 radical (unpaired) electrons. The predicted molar refractivity (Wildman–Crippen MR) is 87.0 cm³/mol. The van der Waals surface area contributed by atoms with E-state index in [4.69, 9.17) is 14.2 Å². The van der Waals surface area contributed by atoms with Crippen LogP contribution in [0.4, 0.5) is 5.69 Å². The van der Waals surface area contributed by atoms with Crippen molar-refractivity contribution >= 4 is 11.7 Å². The van der Waals surface area contributed by atoms with E-state index in [-0.39, 0.29) is 18.1 Å². The van der Waals surface area contributed by atoms with Crippen molar-refractivity contribution in [2.45, 2.75) is 12.1 Å². The van der Waals surface area contributed by atoms with Crippen molar-refractivity contribution < 1.29 is 19.0 Å². The molecular formula is C18H19NO4. The first-order valence-electron chi connectivity index (χ1n) is 7.34. The van der Waals surface area contributed by atoms with Crippen molar-refractivity contribution in [3.63, 3.8) is 0 Å². The topological polar surface area (TPSA) is 47.8 Å². The summed E-state index contributed by atoms with van der Waals surface area (Å²) in [6.07, 6.45) is 0. The molecule has 0 aromatic heterocycles. The van der Waals surface area contributed by atoms with Crippen LogP contribution in [0.15, 0.2) is 48.5 Å². The molecule has 0 spiro atoms. The highest BCUT2D eigenvalue weighted by Gasteiger charge is 2.54. The van der Waals surface area contributed by atoms with Gasteiger partial charge in [-0.05, 0) is 29.8 Å². The van der Waals surface area contributed by atoms with E-state index in [0.29, 0.717) is 11.5 Å². The van der Waals surface area contributed by atoms with Crippen molar-refractivity contribution in [2.75, 3.05) is 26.2 Å². The summed E-state index contributed by atoms with van der Waals surface area (Å²) in [5.74, 6) is 1.07. The third kappa shape index (κ3) is 2.70. The summed E-state index contributed by atoms with van der Waals surface area (Å²) in [4.78, 5) is 14.1. The Morgan fingerprint density at radius 2 is 1.65 bits per heavy atom. The highest BCUT2D eigenvalue weighted by atomic mass is 16.5. The van der Waals surface area contributed by atoms with Crippen LogP contribution in [0.1, 0.15) is 11.6 Å². The zero-order valence-corrected chi connectivity index (χ0v) is 13.4. The molecule has 1 aliphatic heterocycles. The van der Waals surface area contributed by atoms with Crippen LogP contribution in [0.5, 0.6) is 11.5 Å². The number of carbonyl (C=O) groups excluding carboxylic acids is 1. The van der Waals surface area contributed by atoms with Crippen molar-refractivity contribution in [3.05, 3.63) is 54.1 Å². The molecule has 2 aromatic carbocycles. The van der Waals surface area contributed by atoms with Crippen LogP contribution >= 0.6 is 0 Å². The fourth-order valence-electron chi connectivity index (χ4n) is 2.90. The lowest BCUT2D eigenvalue weighted by molar-refractivity contribution is -0.139. The van der Waals surface area contributed by atoms with Gasteiger partial charge < -0.3 is 19.1 Å². The lowest BCUT2D eigenvalue weighted by Crippen LogP contribution is -2.13. The second kappa shape index (κ2) is 6.20. The highest BCUT2D eigenvalue weighted by molar-refractivity contribution is 5.88. The van der Waals surface area contributed by atoms with Crippen LogP contribution in [-0.2, 0) is 9.53 Å². The lowest BCUT2D eigenvalue weighted by atomic mass is 10.1. The van der Waals surface area contributed by atoms with Crippen LogP contribution in [0.2, 0.25) is 0 Å². The van der Waals surface area contributed by atoms with Crippen molar-refractivity contribution in [2.24, 2.45) is 0 Å². The molecule has 1 fully saturated rings. The number of para-hydroxylation sites is 1. The van der Waals surface area contributed by atoms with E-state index in [1.165, 1.54) is 7.11 Å². The molecule has 0 unspecified atom stereocenters. The average molecular weight is 313 g/mol. The van der Waals surface area contributed by atoms with E-state index < -0.39 is 0 Å². The van der Waals surface area contributed by atoms with E-state index in [1.807, 2.05) is 53.4 Å². The summed E-state index contributed by atoms with van der Waals surface area (Å²) < 4.78 is 15.6. The van der Waals surface area contributed by atoms with Crippen LogP contribution in [0, 0.1) is 0 Å². The van der Waals surface area contributed by atoms with Gasteiger partial charge in [0.2, 0.25) is 0 Å². The first-order chi connectivity index (χ1) is 11.2. The maximum Gasteiger partial charge on any atom is 0.331 e. The standard InChI is InChI=1S/C18H19NO4/c1-21-14-10-9-12(11-15(14)22-2)16-17(18(20)23-3)19(16)13-7-5-4-6-8-13/h4-11,16-17H,1-3H3/t16-,17+,19?/m1/s1. The van der Waals surface area contributed by atoms with Crippen LogP contribution in [0.25, 0.3) is 0 Å². The van der Waals surface area contributed by atoms with Crippen molar-refractivity contribution in [1.82, 2.24) is 0 Å². The Balaban J connectivity index is 1.95.